The van der Waals surface area contributed by atoms with E-state index >= 15 is 0 Å². The highest BCUT2D eigenvalue weighted by atomic mass is 32.2. The van der Waals surface area contributed by atoms with Gasteiger partial charge in [-0.05, 0) is 44.0 Å². The van der Waals surface area contributed by atoms with Crippen LogP contribution in [0.25, 0.3) is 0 Å². The van der Waals surface area contributed by atoms with E-state index in [1.807, 2.05) is 0 Å². The molecule has 0 bridgehead atoms. The van der Waals surface area contributed by atoms with Crippen LogP contribution in [0.1, 0.15) is 30.1 Å². The number of nitrogens with zero attached hydrogens (tertiary/aromatic N) is 2. The maximum absolute atomic E-state index is 13.0. The summed E-state index contributed by atoms with van der Waals surface area (Å²) in [6.45, 7) is 3.77. The Morgan fingerprint density at radius 3 is 2.33 bits per heavy atom. The number of sulfonamides is 1. The van der Waals surface area contributed by atoms with Gasteiger partial charge in [-0.1, -0.05) is 0 Å². The molecule has 8 nitrogen and oxygen atoms in total. The largest absolute Gasteiger partial charge is 0.481 e. The number of hydrogen-bond donors (Lipinski definition) is 1. The number of rotatable bonds is 4. The number of benzene rings is 1. The Kier molecular flexibility index (Phi) is 5.83. The number of hydrogen-bond acceptors (Lipinski definition) is 5. The second-order valence-corrected chi connectivity index (χ2v) is 8.86. The Morgan fingerprint density at radius 2 is 1.74 bits per heavy atom. The molecule has 2 heterocycles. The van der Waals surface area contributed by atoms with Crippen molar-refractivity contribution < 1.29 is 27.9 Å². The summed E-state index contributed by atoms with van der Waals surface area (Å²) >= 11 is 0. The van der Waals surface area contributed by atoms with Crippen molar-refractivity contribution in [2.45, 2.75) is 30.7 Å². The molecular weight excluding hydrogens is 372 g/mol. The lowest BCUT2D eigenvalue weighted by atomic mass is 9.96. The van der Waals surface area contributed by atoms with E-state index in [0.717, 1.165) is 0 Å². The lowest BCUT2D eigenvalue weighted by molar-refractivity contribution is -0.143. The molecule has 0 radical (unpaired) electrons. The van der Waals surface area contributed by atoms with E-state index in [0.29, 0.717) is 44.7 Å². The molecule has 0 saturated carbocycles. The van der Waals surface area contributed by atoms with Crippen LogP contribution in [0.15, 0.2) is 29.2 Å². The minimum Gasteiger partial charge on any atom is -0.481 e. The molecule has 1 amide bonds. The van der Waals surface area contributed by atoms with Crippen molar-refractivity contribution in [2.75, 3.05) is 32.8 Å². The van der Waals surface area contributed by atoms with Gasteiger partial charge in [0.1, 0.15) is 0 Å². The van der Waals surface area contributed by atoms with Gasteiger partial charge in [-0.15, -0.1) is 0 Å². The van der Waals surface area contributed by atoms with E-state index in [4.69, 9.17) is 4.74 Å². The van der Waals surface area contributed by atoms with Gasteiger partial charge in [0.05, 0.1) is 24.0 Å². The van der Waals surface area contributed by atoms with Crippen molar-refractivity contribution in [3.63, 3.8) is 0 Å². The number of ether oxygens (including phenoxy) is 1. The van der Waals surface area contributed by atoms with E-state index in [1.165, 1.54) is 28.6 Å². The molecule has 1 aromatic rings. The number of amides is 1. The monoisotopic (exact) mass is 396 g/mol. The molecule has 0 aliphatic carbocycles. The molecule has 2 unspecified atom stereocenters. The summed E-state index contributed by atoms with van der Waals surface area (Å²) in [7, 11) is -3.82. The highest BCUT2D eigenvalue weighted by Crippen LogP contribution is 2.28. The molecule has 2 aliphatic rings. The summed E-state index contributed by atoms with van der Waals surface area (Å²) in [5.41, 5.74) is 0.422. The van der Waals surface area contributed by atoms with Gasteiger partial charge in [-0.2, -0.15) is 4.31 Å². The summed E-state index contributed by atoms with van der Waals surface area (Å²) < 4.78 is 32.4. The third-order valence-electron chi connectivity index (χ3n) is 5.18. The SMILES string of the molecule is CC1CCC(C(=O)O)CN1S(=O)(=O)c1ccc(C(=O)N2CCOCC2)cc1. The average molecular weight is 396 g/mol. The lowest BCUT2D eigenvalue weighted by Gasteiger charge is -2.35. The third-order valence-corrected chi connectivity index (χ3v) is 7.17. The molecule has 2 aliphatic heterocycles. The van der Waals surface area contributed by atoms with Gasteiger partial charge in [0.15, 0.2) is 0 Å². The van der Waals surface area contributed by atoms with Gasteiger partial charge in [0.25, 0.3) is 5.91 Å². The number of carboxylic acid groups (broad SMARTS) is 1. The second-order valence-electron chi connectivity index (χ2n) is 6.97. The summed E-state index contributed by atoms with van der Waals surface area (Å²) in [5, 5.41) is 9.23. The number of aliphatic carboxylic acids is 1. The summed E-state index contributed by atoms with van der Waals surface area (Å²) in [5.74, 6) is -1.83. The quantitative estimate of drug-likeness (QED) is 0.815. The highest BCUT2D eigenvalue weighted by molar-refractivity contribution is 7.89. The standard InChI is InChI=1S/C18H24N2O6S/c1-13-2-3-15(18(22)23)12-20(13)27(24,25)16-6-4-14(5-7-16)17(21)19-8-10-26-11-9-19/h4-7,13,15H,2-3,8-12H2,1H3,(H,22,23). The van der Waals surface area contributed by atoms with Crippen LogP contribution in [0.2, 0.25) is 0 Å². The summed E-state index contributed by atoms with van der Waals surface area (Å²) in [6, 6.07) is 5.59. The zero-order chi connectivity index (χ0) is 19.6. The smallest absolute Gasteiger partial charge is 0.307 e. The average Bonchev–Trinajstić information content (AvgIpc) is 2.68. The molecule has 9 heteroatoms. The molecule has 2 fully saturated rings. The zero-order valence-corrected chi connectivity index (χ0v) is 16.0. The molecule has 0 aromatic heterocycles. The fourth-order valence-electron chi connectivity index (χ4n) is 3.47. The number of carbonyl (C=O) groups excluding carboxylic acids is 1. The van der Waals surface area contributed by atoms with E-state index in [-0.39, 0.29) is 23.4 Å². The molecule has 3 rings (SSSR count). The van der Waals surface area contributed by atoms with Crippen molar-refractivity contribution in [2.24, 2.45) is 5.92 Å². The van der Waals surface area contributed by atoms with Gasteiger partial charge < -0.3 is 14.7 Å². The van der Waals surface area contributed by atoms with Gasteiger partial charge in [-0.25, -0.2) is 8.42 Å². The number of carboxylic acids is 1. The first-order chi connectivity index (χ1) is 12.8. The fourth-order valence-corrected chi connectivity index (χ4v) is 5.17. The third kappa shape index (κ3) is 4.15. The topological polar surface area (TPSA) is 104 Å². The van der Waals surface area contributed by atoms with Crippen molar-refractivity contribution >= 4 is 21.9 Å². The fraction of sp³-hybridized carbons (Fsp3) is 0.556. The van der Waals surface area contributed by atoms with Gasteiger partial charge in [0, 0.05) is 31.2 Å². The maximum atomic E-state index is 13.0. The van der Waals surface area contributed by atoms with Crippen LogP contribution in [0.4, 0.5) is 0 Å². The Labute approximate surface area is 158 Å². The van der Waals surface area contributed by atoms with Crippen molar-refractivity contribution in [1.82, 2.24) is 9.21 Å². The summed E-state index contributed by atoms with van der Waals surface area (Å²) in [4.78, 5) is 25.5. The van der Waals surface area contributed by atoms with Gasteiger partial charge in [0.2, 0.25) is 10.0 Å². The minimum atomic E-state index is -3.82. The van der Waals surface area contributed by atoms with Crippen molar-refractivity contribution in [3.8, 4) is 0 Å². The molecule has 27 heavy (non-hydrogen) atoms. The second kappa shape index (κ2) is 7.95. The molecule has 2 atom stereocenters. The maximum Gasteiger partial charge on any atom is 0.307 e. The van der Waals surface area contributed by atoms with Crippen molar-refractivity contribution in [3.05, 3.63) is 29.8 Å². The highest BCUT2D eigenvalue weighted by Gasteiger charge is 2.37. The van der Waals surface area contributed by atoms with Crippen LogP contribution in [0.5, 0.6) is 0 Å². The lowest BCUT2D eigenvalue weighted by Crippen LogP contribution is -2.47. The summed E-state index contributed by atoms with van der Waals surface area (Å²) in [6.07, 6.45) is 0.972. The molecule has 1 aromatic carbocycles. The van der Waals surface area contributed by atoms with Crippen LogP contribution in [0, 0.1) is 5.92 Å². The predicted molar refractivity (Wildman–Crippen MR) is 96.9 cm³/mol. The first-order valence-electron chi connectivity index (χ1n) is 9.02. The Bertz CT molecular complexity index is 802. The predicted octanol–water partition coefficient (Wildman–Crippen LogP) is 1.03. The first kappa shape index (κ1) is 19.8. The van der Waals surface area contributed by atoms with Crippen LogP contribution < -0.4 is 0 Å². The van der Waals surface area contributed by atoms with Gasteiger partial charge >= 0.3 is 5.97 Å². The minimum absolute atomic E-state index is 0.0344. The molecule has 1 N–H and O–H groups in total. The van der Waals surface area contributed by atoms with E-state index in [9.17, 15) is 23.1 Å². The number of carbonyl (C=O) groups is 2. The van der Waals surface area contributed by atoms with Gasteiger partial charge in [-0.3, -0.25) is 9.59 Å². The Morgan fingerprint density at radius 1 is 1.11 bits per heavy atom. The molecule has 2 saturated heterocycles. The number of morpholine rings is 1. The Hall–Kier alpha value is -1.97. The van der Waals surface area contributed by atoms with Crippen LogP contribution in [0.3, 0.4) is 0 Å². The number of piperidine rings is 1. The Balaban J connectivity index is 1.78. The van der Waals surface area contributed by atoms with Crippen molar-refractivity contribution in [1.29, 1.82) is 0 Å². The van der Waals surface area contributed by atoms with E-state index in [2.05, 4.69) is 0 Å². The molecule has 0 spiro atoms. The van der Waals surface area contributed by atoms with Crippen LogP contribution in [-0.4, -0.2) is 73.5 Å². The van der Waals surface area contributed by atoms with E-state index in [1.54, 1.807) is 11.8 Å². The zero-order valence-electron chi connectivity index (χ0n) is 15.2. The normalized spacial score (nSPS) is 24.6. The van der Waals surface area contributed by atoms with Crippen LogP contribution >= 0.6 is 0 Å². The first-order valence-corrected chi connectivity index (χ1v) is 10.5. The molecular formula is C18H24N2O6S. The molecule has 148 valence electrons. The van der Waals surface area contributed by atoms with E-state index < -0.39 is 21.9 Å². The van der Waals surface area contributed by atoms with Crippen LogP contribution in [-0.2, 0) is 19.6 Å².